The van der Waals surface area contributed by atoms with Crippen LogP contribution in [0.15, 0.2) is 12.1 Å². The van der Waals surface area contributed by atoms with Crippen molar-refractivity contribution in [2.24, 2.45) is 23.7 Å². The summed E-state index contributed by atoms with van der Waals surface area (Å²) in [6, 6.07) is 4.20. The zero-order valence-electron chi connectivity index (χ0n) is 16.9. The number of hydrogen-bond donors (Lipinski definition) is 0. The highest BCUT2D eigenvalue weighted by Crippen LogP contribution is 2.42. The molecular weight excluding hydrogens is 354 g/mol. The summed E-state index contributed by atoms with van der Waals surface area (Å²) in [5.74, 6) is 2.96. The molecule has 2 aliphatic rings. The van der Waals surface area contributed by atoms with Crippen molar-refractivity contribution in [2.45, 2.75) is 90.0 Å². The molecule has 2 saturated carbocycles. The lowest BCUT2D eigenvalue weighted by molar-refractivity contribution is 0.147. The summed E-state index contributed by atoms with van der Waals surface area (Å²) in [5.41, 5.74) is 0.939. The van der Waals surface area contributed by atoms with Crippen molar-refractivity contribution in [3.8, 4) is 0 Å². The molecule has 3 heteroatoms. The highest BCUT2D eigenvalue weighted by Gasteiger charge is 2.30. The summed E-state index contributed by atoms with van der Waals surface area (Å²) < 4.78 is 27.3. The maximum atomic E-state index is 13.6. The van der Waals surface area contributed by atoms with Crippen LogP contribution >= 0.6 is 0 Å². The van der Waals surface area contributed by atoms with Crippen molar-refractivity contribution in [1.29, 1.82) is 0 Å². The fourth-order valence-corrected chi connectivity index (χ4v) is 5.82. The van der Waals surface area contributed by atoms with Gasteiger partial charge in [-0.2, -0.15) is 0 Å². The molecule has 3 rings (SSSR count). The van der Waals surface area contributed by atoms with Gasteiger partial charge in [-0.05, 0) is 86.8 Å². The van der Waals surface area contributed by atoms with E-state index in [0.717, 1.165) is 42.1 Å². The van der Waals surface area contributed by atoms with Gasteiger partial charge in [-0.15, -0.1) is 0 Å². The van der Waals surface area contributed by atoms with Gasteiger partial charge in [-0.3, -0.25) is 0 Å². The van der Waals surface area contributed by atoms with Gasteiger partial charge in [0.05, 0.1) is 0 Å². The summed E-state index contributed by atoms with van der Waals surface area (Å²) >= 11 is 0. The second-order valence-electron chi connectivity index (χ2n) is 9.20. The standard InChI is InChI=1S/C24H35F2Si/c1-17-23(25)14-20(15-24(17)26)5-3-2-4-18-6-10-21(11-7-18)22-12-8-19(16-27)9-13-22/h14-15,18-19,21-22H,2-13,16H2,1H3. The Hall–Kier alpha value is -0.703. The number of unbranched alkanes of at least 4 members (excludes halogenated alkanes) is 1. The van der Waals surface area contributed by atoms with E-state index in [4.69, 9.17) is 0 Å². The SMILES string of the molecule is Cc1c(F)cc(CCCCC2CCC(C3CCC(C[Si])CC3)CC2)cc1F. The number of aryl methyl sites for hydroxylation is 1. The first-order valence-electron chi connectivity index (χ1n) is 11.2. The van der Waals surface area contributed by atoms with Crippen LogP contribution in [-0.2, 0) is 6.42 Å². The van der Waals surface area contributed by atoms with Crippen LogP contribution in [0, 0.1) is 42.2 Å². The zero-order valence-corrected chi connectivity index (χ0v) is 17.9. The minimum atomic E-state index is -0.409. The van der Waals surface area contributed by atoms with E-state index in [1.807, 2.05) is 0 Å². The Balaban J connectivity index is 1.32. The minimum absolute atomic E-state index is 0.135. The summed E-state index contributed by atoms with van der Waals surface area (Å²) in [6.07, 6.45) is 15.7. The lowest BCUT2D eigenvalue weighted by atomic mass is 9.69. The van der Waals surface area contributed by atoms with Crippen molar-refractivity contribution in [3.63, 3.8) is 0 Å². The lowest BCUT2D eigenvalue weighted by Crippen LogP contribution is -2.25. The molecule has 1 aromatic carbocycles. The van der Waals surface area contributed by atoms with Gasteiger partial charge >= 0.3 is 0 Å². The summed E-state index contributed by atoms with van der Waals surface area (Å²) in [6.45, 7) is 1.50. The molecule has 0 atom stereocenters. The van der Waals surface area contributed by atoms with Gasteiger partial charge in [-0.1, -0.05) is 44.6 Å². The second-order valence-corrected chi connectivity index (χ2v) is 9.60. The van der Waals surface area contributed by atoms with Crippen molar-refractivity contribution >= 4 is 10.2 Å². The van der Waals surface area contributed by atoms with Crippen molar-refractivity contribution in [2.75, 3.05) is 0 Å². The predicted molar refractivity (Wildman–Crippen MR) is 110 cm³/mol. The van der Waals surface area contributed by atoms with E-state index in [-0.39, 0.29) is 5.56 Å². The van der Waals surface area contributed by atoms with Crippen LogP contribution in [0.1, 0.15) is 81.8 Å². The van der Waals surface area contributed by atoms with Crippen molar-refractivity contribution in [3.05, 3.63) is 34.9 Å². The van der Waals surface area contributed by atoms with Crippen LogP contribution in [0.3, 0.4) is 0 Å². The fourth-order valence-electron chi connectivity index (χ4n) is 5.42. The van der Waals surface area contributed by atoms with Gasteiger partial charge in [0.2, 0.25) is 0 Å². The average Bonchev–Trinajstić information content (AvgIpc) is 2.70. The van der Waals surface area contributed by atoms with Crippen LogP contribution in [0.5, 0.6) is 0 Å². The van der Waals surface area contributed by atoms with E-state index in [1.165, 1.54) is 89.3 Å². The number of rotatable bonds is 7. The van der Waals surface area contributed by atoms with Crippen LogP contribution in [0.2, 0.25) is 6.04 Å². The molecule has 0 aromatic heterocycles. The first-order chi connectivity index (χ1) is 13.1. The topological polar surface area (TPSA) is 0 Å². The molecule has 3 radical (unpaired) electrons. The van der Waals surface area contributed by atoms with Gasteiger partial charge < -0.3 is 0 Å². The molecule has 0 nitrogen and oxygen atoms in total. The Bertz CT molecular complexity index is 561. The quantitative estimate of drug-likeness (QED) is 0.342. The molecule has 1 aromatic rings. The van der Waals surface area contributed by atoms with E-state index in [1.54, 1.807) is 0 Å². The molecule has 149 valence electrons. The van der Waals surface area contributed by atoms with Crippen LogP contribution in [0.4, 0.5) is 8.78 Å². The third-order valence-corrected chi connectivity index (χ3v) is 7.98. The molecule has 0 N–H and O–H groups in total. The third kappa shape index (κ3) is 5.89. The Kier molecular flexibility index (Phi) is 7.93. The Morgan fingerprint density at radius 2 is 1.33 bits per heavy atom. The van der Waals surface area contributed by atoms with Crippen LogP contribution < -0.4 is 0 Å². The molecule has 0 heterocycles. The normalized spacial score (nSPS) is 29.0. The fraction of sp³-hybridized carbons (Fsp3) is 0.750. The van der Waals surface area contributed by atoms with Gasteiger partial charge in [0.25, 0.3) is 0 Å². The van der Waals surface area contributed by atoms with Gasteiger partial charge in [-0.25, -0.2) is 8.78 Å². The largest absolute Gasteiger partial charge is 0.207 e. The maximum Gasteiger partial charge on any atom is 0.129 e. The maximum absolute atomic E-state index is 13.6. The first-order valence-corrected chi connectivity index (χ1v) is 11.9. The molecule has 2 aliphatic carbocycles. The minimum Gasteiger partial charge on any atom is -0.207 e. The van der Waals surface area contributed by atoms with E-state index in [2.05, 4.69) is 10.2 Å². The summed E-state index contributed by atoms with van der Waals surface area (Å²) in [4.78, 5) is 0. The molecule has 0 aliphatic heterocycles. The van der Waals surface area contributed by atoms with Crippen LogP contribution in [-0.4, -0.2) is 10.2 Å². The summed E-state index contributed by atoms with van der Waals surface area (Å²) in [7, 11) is 3.70. The Morgan fingerprint density at radius 1 is 0.815 bits per heavy atom. The van der Waals surface area contributed by atoms with E-state index in [9.17, 15) is 8.78 Å². The third-order valence-electron chi connectivity index (χ3n) is 7.41. The highest BCUT2D eigenvalue weighted by molar-refractivity contribution is 6.08. The summed E-state index contributed by atoms with van der Waals surface area (Å²) in [5, 5.41) is 0. The number of benzene rings is 1. The Labute approximate surface area is 167 Å². The smallest absolute Gasteiger partial charge is 0.129 e. The van der Waals surface area contributed by atoms with Crippen molar-refractivity contribution < 1.29 is 8.78 Å². The number of hydrogen-bond acceptors (Lipinski definition) is 0. The van der Waals surface area contributed by atoms with E-state index >= 15 is 0 Å². The monoisotopic (exact) mass is 389 g/mol. The lowest BCUT2D eigenvalue weighted by Gasteiger charge is -2.37. The van der Waals surface area contributed by atoms with E-state index in [0.29, 0.717) is 0 Å². The van der Waals surface area contributed by atoms with Crippen molar-refractivity contribution in [1.82, 2.24) is 0 Å². The van der Waals surface area contributed by atoms with Gasteiger partial charge in [0, 0.05) is 15.8 Å². The molecule has 2 fully saturated rings. The zero-order chi connectivity index (χ0) is 19.2. The van der Waals surface area contributed by atoms with E-state index < -0.39 is 11.6 Å². The molecule has 0 saturated heterocycles. The molecule has 0 unspecified atom stereocenters. The molecule has 0 bridgehead atoms. The predicted octanol–water partition coefficient (Wildman–Crippen LogP) is 7.19. The van der Waals surface area contributed by atoms with Crippen LogP contribution in [0.25, 0.3) is 0 Å². The first kappa shape index (κ1) is 21.0. The second kappa shape index (κ2) is 10.2. The molecular formula is C24H35F2Si. The molecule has 27 heavy (non-hydrogen) atoms. The molecule has 0 amide bonds. The number of halogens is 2. The Morgan fingerprint density at radius 3 is 1.85 bits per heavy atom. The van der Waals surface area contributed by atoms with Gasteiger partial charge in [0.1, 0.15) is 11.6 Å². The molecule has 0 spiro atoms. The highest BCUT2D eigenvalue weighted by atomic mass is 28.1. The average molecular weight is 390 g/mol. The van der Waals surface area contributed by atoms with Gasteiger partial charge in [0.15, 0.2) is 0 Å².